The number of aliphatic imine (C=N–C) groups is 1. The molecule has 0 saturated carbocycles. The Bertz CT molecular complexity index is 868. The summed E-state index contributed by atoms with van der Waals surface area (Å²) < 4.78 is 13.3. The summed E-state index contributed by atoms with van der Waals surface area (Å²) in [5.41, 5.74) is 3.31. The van der Waals surface area contributed by atoms with Gasteiger partial charge in [0, 0.05) is 30.7 Å². The molecule has 140 valence electrons. The van der Waals surface area contributed by atoms with Gasteiger partial charge >= 0.3 is 0 Å². The van der Waals surface area contributed by atoms with Crippen LogP contribution in [0.1, 0.15) is 31.7 Å². The van der Waals surface area contributed by atoms with E-state index in [1.54, 1.807) is 12.3 Å². The van der Waals surface area contributed by atoms with Gasteiger partial charge in [-0.3, -0.25) is 9.79 Å². The van der Waals surface area contributed by atoms with Crippen LogP contribution in [-0.4, -0.2) is 25.2 Å². The number of carbonyl (C=O) groups excluding carboxylic acids is 1. The summed E-state index contributed by atoms with van der Waals surface area (Å²) in [5.74, 6) is 0.398. The van der Waals surface area contributed by atoms with Crippen molar-refractivity contribution in [3.63, 3.8) is 0 Å². The Morgan fingerprint density at radius 3 is 2.52 bits per heavy atom. The molecule has 0 radical (unpaired) electrons. The van der Waals surface area contributed by atoms with Crippen molar-refractivity contribution in [1.82, 2.24) is 0 Å². The molecule has 1 fully saturated rings. The molecule has 27 heavy (non-hydrogen) atoms. The maximum Gasteiger partial charge on any atom is 0.237 e. The van der Waals surface area contributed by atoms with Crippen molar-refractivity contribution in [1.29, 1.82) is 0 Å². The van der Waals surface area contributed by atoms with Crippen molar-refractivity contribution in [3.8, 4) is 0 Å². The molecular formula is C22H24FN3O. The number of benzene rings is 2. The van der Waals surface area contributed by atoms with Crippen LogP contribution in [0, 0.1) is 17.7 Å². The topological polar surface area (TPSA) is 44.7 Å². The van der Waals surface area contributed by atoms with E-state index < -0.39 is 5.92 Å². The quantitative estimate of drug-likeness (QED) is 0.798. The predicted molar refractivity (Wildman–Crippen MR) is 108 cm³/mol. The summed E-state index contributed by atoms with van der Waals surface area (Å²) >= 11 is 0. The predicted octanol–water partition coefficient (Wildman–Crippen LogP) is 4.75. The summed E-state index contributed by atoms with van der Waals surface area (Å²) in [6.07, 6.45) is 2.92. The van der Waals surface area contributed by atoms with E-state index in [1.807, 2.05) is 12.1 Å². The molecule has 2 heterocycles. The number of fused-ring (bicyclic) bond motifs is 1. The molecule has 0 spiro atoms. The lowest BCUT2D eigenvalue weighted by Gasteiger charge is -2.36. The Morgan fingerprint density at radius 1 is 1.11 bits per heavy atom. The molecule has 0 bridgehead atoms. The molecule has 1 amide bonds. The van der Waals surface area contributed by atoms with Crippen molar-refractivity contribution in [2.75, 3.05) is 23.3 Å². The van der Waals surface area contributed by atoms with Crippen LogP contribution in [-0.2, 0) is 4.79 Å². The Labute approximate surface area is 159 Å². The van der Waals surface area contributed by atoms with Crippen LogP contribution in [0.3, 0.4) is 0 Å². The lowest BCUT2D eigenvalue weighted by atomic mass is 9.91. The first-order valence-electron chi connectivity index (χ1n) is 9.49. The van der Waals surface area contributed by atoms with Gasteiger partial charge < -0.3 is 10.2 Å². The van der Waals surface area contributed by atoms with Crippen molar-refractivity contribution in [2.24, 2.45) is 16.8 Å². The molecule has 2 aromatic rings. The highest BCUT2D eigenvalue weighted by atomic mass is 19.1. The van der Waals surface area contributed by atoms with Gasteiger partial charge in [0.25, 0.3) is 0 Å². The van der Waals surface area contributed by atoms with Gasteiger partial charge in [0.2, 0.25) is 5.91 Å². The largest absolute Gasteiger partial charge is 0.371 e. The van der Waals surface area contributed by atoms with Gasteiger partial charge in [-0.05, 0) is 60.2 Å². The van der Waals surface area contributed by atoms with Gasteiger partial charge in [-0.1, -0.05) is 19.9 Å². The molecule has 0 aromatic heterocycles. The van der Waals surface area contributed by atoms with Crippen LogP contribution in [0.5, 0.6) is 0 Å². The fourth-order valence-electron chi connectivity index (χ4n) is 4.19. The SMILES string of the molecule is CC1CC(C)CN(c2ccc(N=CC3C(=O)Nc4cc(F)ccc43)cc2)C1. The van der Waals surface area contributed by atoms with Crippen molar-refractivity contribution in [2.45, 2.75) is 26.2 Å². The zero-order valence-electron chi connectivity index (χ0n) is 15.7. The zero-order valence-corrected chi connectivity index (χ0v) is 15.7. The first kappa shape index (κ1) is 17.7. The minimum Gasteiger partial charge on any atom is -0.371 e. The Hall–Kier alpha value is -2.69. The van der Waals surface area contributed by atoms with E-state index in [0.717, 1.165) is 24.3 Å². The van der Waals surface area contributed by atoms with Gasteiger partial charge in [0.1, 0.15) is 11.7 Å². The smallest absolute Gasteiger partial charge is 0.237 e. The van der Waals surface area contributed by atoms with Crippen molar-refractivity contribution in [3.05, 3.63) is 53.8 Å². The van der Waals surface area contributed by atoms with E-state index >= 15 is 0 Å². The number of piperidine rings is 1. The van der Waals surface area contributed by atoms with E-state index in [9.17, 15) is 9.18 Å². The average molecular weight is 365 g/mol. The second-order valence-electron chi connectivity index (χ2n) is 7.84. The third-order valence-electron chi connectivity index (χ3n) is 5.35. The molecule has 5 heteroatoms. The maximum absolute atomic E-state index is 13.3. The molecular weight excluding hydrogens is 341 g/mol. The fraction of sp³-hybridized carbons (Fsp3) is 0.364. The second-order valence-corrected chi connectivity index (χ2v) is 7.84. The Kier molecular flexibility index (Phi) is 4.68. The number of nitrogens with zero attached hydrogens (tertiary/aromatic N) is 2. The third kappa shape index (κ3) is 3.72. The summed E-state index contributed by atoms with van der Waals surface area (Å²) in [6.45, 7) is 6.78. The molecule has 1 N–H and O–H groups in total. The zero-order chi connectivity index (χ0) is 19.0. The standard InChI is InChI=1S/C22H24FN3O/c1-14-9-15(2)13-26(12-14)18-6-4-17(5-7-18)24-11-20-19-8-3-16(23)10-21(19)25-22(20)27/h3-8,10-11,14-15,20H,9,12-13H2,1-2H3,(H,25,27). The highest BCUT2D eigenvalue weighted by molar-refractivity contribution is 6.12. The summed E-state index contributed by atoms with van der Waals surface area (Å²) in [4.78, 5) is 19.1. The van der Waals surface area contributed by atoms with Crippen LogP contribution < -0.4 is 10.2 Å². The minimum absolute atomic E-state index is 0.174. The first-order valence-corrected chi connectivity index (χ1v) is 9.49. The lowest BCUT2D eigenvalue weighted by molar-refractivity contribution is -0.115. The molecule has 3 unspecified atom stereocenters. The summed E-state index contributed by atoms with van der Waals surface area (Å²) in [6, 6.07) is 12.5. The van der Waals surface area contributed by atoms with Crippen LogP contribution in [0.4, 0.5) is 21.5 Å². The molecule has 1 saturated heterocycles. The van der Waals surface area contributed by atoms with Gasteiger partial charge in [0.05, 0.1) is 5.69 Å². The van der Waals surface area contributed by atoms with Crippen molar-refractivity contribution < 1.29 is 9.18 Å². The first-order chi connectivity index (χ1) is 13.0. The van der Waals surface area contributed by atoms with E-state index in [4.69, 9.17) is 0 Å². The van der Waals surface area contributed by atoms with Gasteiger partial charge in [-0.25, -0.2) is 4.39 Å². The second kappa shape index (κ2) is 7.14. The Morgan fingerprint density at radius 2 is 1.81 bits per heavy atom. The summed E-state index contributed by atoms with van der Waals surface area (Å²) in [7, 11) is 0. The minimum atomic E-state index is -0.482. The van der Waals surface area contributed by atoms with Crippen LogP contribution in [0.2, 0.25) is 0 Å². The average Bonchev–Trinajstić information content (AvgIpc) is 2.93. The van der Waals surface area contributed by atoms with Crippen LogP contribution >= 0.6 is 0 Å². The number of halogens is 1. The van der Waals surface area contributed by atoms with E-state index in [1.165, 1.54) is 24.2 Å². The fourth-order valence-corrected chi connectivity index (χ4v) is 4.19. The highest BCUT2D eigenvalue weighted by Gasteiger charge is 2.29. The molecule has 2 aromatic carbocycles. The van der Waals surface area contributed by atoms with Gasteiger partial charge in [-0.15, -0.1) is 0 Å². The maximum atomic E-state index is 13.3. The number of carbonyl (C=O) groups is 1. The third-order valence-corrected chi connectivity index (χ3v) is 5.35. The molecule has 2 aliphatic heterocycles. The number of rotatable bonds is 3. The number of hydrogen-bond donors (Lipinski definition) is 1. The van der Waals surface area contributed by atoms with E-state index in [2.05, 4.69) is 41.2 Å². The Balaban J connectivity index is 1.48. The molecule has 2 aliphatic rings. The van der Waals surface area contributed by atoms with Crippen molar-refractivity contribution >= 4 is 29.2 Å². The van der Waals surface area contributed by atoms with Crippen LogP contribution in [0.25, 0.3) is 0 Å². The monoisotopic (exact) mass is 365 g/mol. The normalized spacial score (nSPS) is 24.9. The van der Waals surface area contributed by atoms with Gasteiger partial charge in [0.15, 0.2) is 0 Å². The summed E-state index contributed by atoms with van der Waals surface area (Å²) in [5, 5.41) is 2.71. The number of nitrogens with one attached hydrogen (secondary N) is 1. The van der Waals surface area contributed by atoms with Gasteiger partial charge in [-0.2, -0.15) is 0 Å². The van der Waals surface area contributed by atoms with E-state index in [0.29, 0.717) is 17.5 Å². The van der Waals surface area contributed by atoms with Crippen LogP contribution in [0.15, 0.2) is 47.5 Å². The molecule has 4 rings (SSSR count). The molecule has 3 atom stereocenters. The highest BCUT2D eigenvalue weighted by Crippen LogP contribution is 2.33. The molecule has 4 nitrogen and oxygen atoms in total. The lowest BCUT2D eigenvalue weighted by Crippen LogP contribution is -2.38. The number of hydrogen-bond acceptors (Lipinski definition) is 3. The molecule has 0 aliphatic carbocycles. The number of amides is 1. The number of anilines is 2. The van der Waals surface area contributed by atoms with E-state index in [-0.39, 0.29) is 11.7 Å².